The van der Waals surface area contributed by atoms with Crippen LogP contribution in [-0.2, 0) is 22.6 Å². The molecular formula is C22H27BrN2O4. The number of nitrogens with zero attached hydrogens (tertiary/aromatic N) is 1. The molecule has 2 amide bonds. The number of hydrogen-bond donors (Lipinski definition) is 1. The highest BCUT2D eigenvalue weighted by Gasteiger charge is 2.26. The zero-order valence-electron chi connectivity index (χ0n) is 17.2. The Balaban J connectivity index is 2.16. The van der Waals surface area contributed by atoms with Gasteiger partial charge in [-0.15, -0.1) is 0 Å². The Morgan fingerprint density at radius 3 is 2.55 bits per heavy atom. The lowest BCUT2D eigenvalue weighted by Crippen LogP contribution is -2.48. The smallest absolute Gasteiger partial charge is 0.261 e. The van der Waals surface area contributed by atoms with Crippen LogP contribution >= 0.6 is 15.9 Å². The van der Waals surface area contributed by atoms with Crippen LogP contribution in [0, 0.1) is 0 Å². The number of benzene rings is 2. The predicted octanol–water partition coefficient (Wildman–Crippen LogP) is 3.56. The zero-order chi connectivity index (χ0) is 21.4. The lowest BCUT2D eigenvalue weighted by atomic mass is 10.1. The largest absolute Gasteiger partial charge is 0.497 e. The van der Waals surface area contributed by atoms with E-state index in [0.29, 0.717) is 11.5 Å². The summed E-state index contributed by atoms with van der Waals surface area (Å²) in [5.74, 6) is 0.758. The summed E-state index contributed by atoms with van der Waals surface area (Å²) >= 11 is 3.48. The lowest BCUT2D eigenvalue weighted by molar-refractivity contribution is -0.142. The van der Waals surface area contributed by atoms with Crippen LogP contribution in [0.2, 0.25) is 0 Å². The van der Waals surface area contributed by atoms with Gasteiger partial charge in [0.05, 0.1) is 11.6 Å². The van der Waals surface area contributed by atoms with Gasteiger partial charge in [0.2, 0.25) is 5.91 Å². The highest BCUT2D eigenvalue weighted by molar-refractivity contribution is 9.10. The third-order valence-electron chi connectivity index (χ3n) is 4.66. The highest BCUT2D eigenvalue weighted by atomic mass is 79.9. The van der Waals surface area contributed by atoms with Crippen LogP contribution in [0.1, 0.15) is 25.0 Å². The van der Waals surface area contributed by atoms with Gasteiger partial charge in [-0.1, -0.05) is 25.1 Å². The number of hydrogen-bond acceptors (Lipinski definition) is 4. The third-order valence-corrected chi connectivity index (χ3v) is 5.28. The number of carbonyl (C=O) groups is 2. The van der Waals surface area contributed by atoms with Crippen LogP contribution < -0.4 is 14.8 Å². The highest BCUT2D eigenvalue weighted by Crippen LogP contribution is 2.26. The fourth-order valence-corrected chi connectivity index (χ4v) is 3.40. The van der Waals surface area contributed by atoms with Crippen LogP contribution in [0.3, 0.4) is 0 Å². The van der Waals surface area contributed by atoms with Gasteiger partial charge in [-0.2, -0.15) is 0 Å². The molecule has 0 heterocycles. The molecule has 0 bridgehead atoms. The van der Waals surface area contributed by atoms with Crippen molar-refractivity contribution in [1.29, 1.82) is 0 Å². The minimum atomic E-state index is -0.645. The number of likely N-dealkylation sites (N-methyl/N-ethyl adjacent to an activating group) is 1. The first-order valence-electron chi connectivity index (χ1n) is 9.44. The molecule has 0 aliphatic carbocycles. The second kappa shape index (κ2) is 10.9. The number of carbonyl (C=O) groups excluding carboxylic acids is 2. The standard InChI is InChI=1S/C22H27BrN2O4/c1-5-16-9-10-20(19(23)12-16)29-14-21(26)25(15(2)22(27)24-3)13-17-7-6-8-18(11-17)28-4/h6-12,15H,5,13-14H2,1-4H3,(H,24,27)/t15-/m1/s1. The van der Waals surface area contributed by atoms with Gasteiger partial charge in [-0.25, -0.2) is 0 Å². The predicted molar refractivity (Wildman–Crippen MR) is 116 cm³/mol. The molecule has 2 aromatic rings. The van der Waals surface area contributed by atoms with Crippen LogP contribution in [0.25, 0.3) is 0 Å². The zero-order valence-corrected chi connectivity index (χ0v) is 18.8. The SMILES string of the molecule is CCc1ccc(OCC(=O)N(Cc2cccc(OC)c2)[C@H](C)C(=O)NC)c(Br)c1. The number of amides is 2. The van der Waals surface area contributed by atoms with Gasteiger partial charge in [-0.05, 0) is 64.7 Å². The molecule has 0 saturated carbocycles. The maximum Gasteiger partial charge on any atom is 0.261 e. The molecular weight excluding hydrogens is 436 g/mol. The molecule has 7 heteroatoms. The Morgan fingerprint density at radius 2 is 1.93 bits per heavy atom. The molecule has 2 aromatic carbocycles. The van der Waals surface area contributed by atoms with Crippen molar-refractivity contribution in [2.24, 2.45) is 0 Å². The molecule has 1 N–H and O–H groups in total. The van der Waals surface area contributed by atoms with Gasteiger partial charge in [0.25, 0.3) is 5.91 Å². The number of methoxy groups -OCH3 is 1. The van der Waals surface area contributed by atoms with Crippen LogP contribution in [0.5, 0.6) is 11.5 Å². The van der Waals surface area contributed by atoms with Gasteiger partial charge in [0.1, 0.15) is 17.5 Å². The summed E-state index contributed by atoms with van der Waals surface area (Å²) in [6.07, 6.45) is 0.912. The number of rotatable bonds is 9. The van der Waals surface area contributed by atoms with E-state index in [1.54, 1.807) is 21.1 Å². The molecule has 0 saturated heterocycles. The van der Waals surface area contributed by atoms with E-state index in [1.165, 1.54) is 10.5 Å². The van der Waals surface area contributed by atoms with Crippen LogP contribution in [-0.4, -0.2) is 43.5 Å². The molecule has 0 aliphatic heterocycles. The van der Waals surface area contributed by atoms with Crippen LogP contribution in [0.15, 0.2) is 46.9 Å². The Labute approximate surface area is 180 Å². The van der Waals surface area contributed by atoms with E-state index in [9.17, 15) is 9.59 Å². The molecule has 29 heavy (non-hydrogen) atoms. The molecule has 0 fully saturated rings. The molecule has 0 unspecified atom stereocenters. The summed E-state index contributed by atoms with van der Waals surface area (Å²) in [6.45, 7) is 3.87. The molecule has 0 aromatic heterocycles. The van der Waals surface area contributed by atoms with E-state index in [1.807, 2.05) is 42.5 Å². The Morgan fingerprint density at radius 1 is 1.17 bits per heavy atom. The van der Waals surface area contributed by atoms with Crippen molar-refractivity contribution in [3.05, 3.63) is 58.1 Å². The van der Waals surface area contributed by atoms with Crippen molar-refractivity contribution in [3.8, 4) is 11.5 Å². The molecule has 0 aliphatic rings. The van der Waals surface area contributed by atoms with Crippen molar-refractivity contribution in [1.82, 2.24) is 10.2 Å². The first kappa shape index (κ1) is 22.7. The minimum absolute atomic E-state index is 0.171. The fraction of sp³-hybridized carbons (Fsp3) is 0.364. The number of nitrogens with one attached hydrogen (secondary N) is 1. The molecule has 0 radical (unpaired) electrons. The third kappa shape index (κ3) is 6.22. The first-order valence-corrected chi connectivity index (χ1v) is 10.2. The summed E-state index contributed by atoms with van der Waals surface area (Å²) in [5, 5.41) is 2.60. The number of halogens is 1. The van der Waals surface area contributed by atoms with Gasteiger partial charge in [0, 0.05) is 13.6 Å². The van der Waals surface area contributed by atoms with Gasteiger partial charge in [-0.3, -0.25) is 9.59 Å². The molecule has 6 nitrogen and oxygen atoms in total. The van der Waals surface area contributed by atoms with E-state index in [0.717, 1.165) is 16.5 Å². The number of aryl methyl sites for hydroxylation is 1. The summed E-state index contributed by atoms with van der Waals surface area (Å²) < 4.78 is 11.8. The molecule has 1 atom stereocenters. The summed E-state index contributed by atoms with van der Waals surface area (Å²) in [6, 6.07) is 12.5. The topological polar surface area (TPSA) is 67.9 Å². The minimum Gasteiger partial charge on any atom is -0.497 e. The molecule has 156 valence electrons. The van der Waals surface area contributed by atoms with Crippen molar-refractivity contribution in [2.45, 2.75) is 32.9 Å². The fourth-order valence-electron chi connectivity index (χ4n) is 2.86. The summed E-state index contributed by atoms with van der Waals surface area (Å²) in [4.78, 5) is 26.6. The van der Waals surface area contributed by atoms with Crippen molar-refractivity contribution in [2.75, 3.05) is 20.8 Å². The lowest BCUT2D eigenvalue weighted by Gasteiger charge is -2.28. The maximum absolute atomic E-state index is 12.9. The van der Waals surface area contributed by atoms with Crippen molar-refractivity contribution >= 4 is 27.7 Å². The Hall–Kier alpha value is -2.54. The maximum atomic E-state index is 12.9. The van der Waals surface area contributed by atoms with Gasteiger partial charge < -0.3 is 19.7 Å². The normalized spacial score (nSPS) is 11.5. The van der Waals surface area contributed by atoms with E-state index >= 15 is 0 Å². The van der Waals surface area contributed by atoms with E-state index in [4.69, 9.17) is 9.47 Å². The average Bonchev–Trinajstić information content (AvgIpc) is 2.75. The van der Waals surface area contributed by atoms with E-state index in [-0.39, 0.29) is 25.0 Å². The first-order chi connectivity index (χ1) is 13.9. The van der Waals surface area contributed by atoms with E-state index in [2.05, 4.69) is 28.2 Å². The summed E-state index contributed by atoms with van der Waals surface area (Å²) in [7, 11) is 3.14. The van der Waals surface area contributed by atoms with Crippen molar-refractivity contribution < 1.29 is 19.1 Å². The monoisotopic (exact) mass is 462 g/mol. The quantitative estimate of drug-likeness (QED) is 0.618. The Bertz CT molecular complexity index is 856. The van der Waals surface area contributed by atoms with Gasteiger partial charge in [0.15, 0.2) is 6.61 Å². The Kier molecular flexibility index (Phi) is 8.51. The average molecular weight is 463 g/mol. The second-order valence-electron chi connectivity index (χ2n) is 6.57. The molecule has 2 rings (SSSR count). The van der Waals surface area contributed by atoms with Crippen molar-refractivity contribution in [3.63, 3.8) is 0 Å². The van der Waals surface area contributed by atoms with Gasteiger partial charge >= 0.3 is 0 Å². The second-order valence-corrected chi connectivity index (χ2v) is 7.42. The summed E-state index contributed by atoms with van der Waals surface area (Å²) in [5.41, 5.74) is 2.03. The van der Waals surface area contributed by atoms with E-state index < -0.39 is 6.04 Å². The van der Waals surface area contributed by atoms with Crippen LogP contribution in [0.4, 0.5) is 0 Å². The number of ether oxygens (including phenoxy) is 2. The molecule has 0 spiro atoms.